The minimum Gasteiger partial charge on any atom is -0.342 e. The minimum absolute atomic E-state index is 0.0831. The summed E-state index contributed by atoms with van der Waals surface area (Å²) in [6.07, 6.45) is 2.04. The quantitative estimate of drug-likeness (QED) is 0.710. The molecule has 1 N–H and O–H groups in total. The van der Waals surface area contributed by atoms with E-state index in [2.05, 4.69) is 23.3 Å². The maximum absolute atomic E-state index is 11.9. The molecule has 0 radical (unpaired) electrons. The van der Waals surface area contributed by atoms with Crippen LogP contribution in [0.4, 0.5) is 0 Å². The number of piperidine rings is 1. The van der Waals surface area contributed by atoms with Crippen LogP contribution >= 0.6 is 0 Å². The number of nitrogens with one attached hydrogen (secondary N) is 1. The summed E-state index contributed by atoms with van der Waals surface area (Å²) < 4.78 is 0. The molecule has 2 heterocycles. The van der Waals surface area contributed by atoms with E-state index in [1.54, 1.807) is 0 Å². The number of rotatable bonds is 0. The number of amides is 1. The second kappa shape index (κ2) is 3.32. The lowest BCUT2D eigenvalue weighted by molar-refractivity contribution is 0.0881. The van der Waals surface area contributed by atoms with E-state index >= 15 is 0 Å². The van der Waals surface area contributed by atoms with Gasteiger partial charge in [0, 0.05) is 18.7 Å². The molecule has 0 saturated carbocycles. The fraction of sp³-hybridized carbons (Fsp3) is 0.462. The van der Waals surface area contributed by atoms with Gasteiger partial charge in [-0.25, -0.2) is 0 Å². The highest BCUT2D eigenvalue weighted by atomic mass is 16.2. The van der Waals surface area contributed by atoms with Gasteiger partial charge in [-0.05, 0) is 31.5 Å². The lowest BCUT2D eigenvalue weighted by Crippen LogP contribution is -2.48. The van der Waals surface area contributed by atoms with E-state index in [9.17, 15) is 4.79 Å². The third-order valence-corrected chi connectivity index (χ3v) is 3.88. The Labute approximate surface area is 95.4 Å². The van der Waals surface area contributed by atoms with Crippen LogP contribution in [0.25, 0.3) is 0 Å². The van der Waals surface area contributed by atoms with Crippen molar-refractivity contribution in [1.29, 1.82) is 0 Å². The Morgan fingerprint density at radius 1 is 1.25 bits per heavy atom. The maximum atomic E-state index is 11.9. The SMILES string of the molecule is CN1CCC2(CC1)NC(=O)c1ccccc12. The van der Waals surface area contributed by atoms with Gasteiger partial charge in [-0.2, -0.15) is 0 Å². The summed E-state index contributed by atoms with van der Waals surface area (Å²) in [5.74, 6) is 0.0974. The van der Waals surface area contributed by atoms with Gasteiger partial charge in [-0.15, -0.1) is 0 Å². The molecule has 1 amide bonds. The lowest BCUT2D eigenvalue weighted by Gasteiger charge is -2.38. The molecule has 3 nitrogen and oxygen atoms in total. The molecule has 2 aliphatic rings. The standard InChI is InChI=1S/C13H16N2O/c1-15-8-6-13(7-9-15)11-5-3-2-4-10(11)12(16)14-13/h2-5H,6-9H2,1H3,(H,14,16). The average molecular weight is 216 g/mol. The first-order valence-corrected chi connectivity index (χ1v) is 5.82. The number of carbonyl (C=O) groups excluding carboxylic acids is 1. The van der Waals surface area contributed by atoms with E-state index < -0.39 is 0 Å². The van der Waals surface area contributed by atoms with Crippen LogP contribution in [0.5, 0.6) is 0 Å². The van der Waals surface area contributed by atoms with Crippen LogP contribution in [-0.4, -0.2) is 30.9 Å². The largest absolute Gasteiger partial charge is 0.342 e. The van der Waals surface area contributed by atoms with E-state index in [0.29, 0.717) is 0 Å². The second-order valence-electron chi connectivity index (χ2n) is 4.89. The van der Waals surface area contributed by atoms with Gasteiger partial charge >= 0.3 is 0 Å². The fourth-order valence-corrected chi connectivity index (χ4v) is 2.84. The Hall–Kier alpha value is -1.35. The van der Waals surface area contributed by atoms with Crippen molar-refractivity contribution in [2.45, 2.75) is 18.4 Å². The highest BCUT2D eigenvalue weighted by molar-refractivity contribution is 6.00. The molecule has 0 bridgehead atoms. The van der Waals surface area contributed by atoms with Gasteiger partial charge in [-0.3, -0.25) is 4.79 Å². The number of benzene rings is 1. The minimum atomic E-state index is -0.0831. The van der Waals surface area contributed by atoms with Crippen LogP contribution in [0.2, 0.25) is 0 Å². The third kappa shape index (κ3) is 1.28. The lowest BCUT2D eigenvalue weighted by atomic mass is 9.82. The van der Waals surface area contributed by atoms with Gasteiger partial charge in [0.25, 0.3) is 5.91 Å². The number of fused-ring (bicyclic) bond motifs is 2. The van der Waals surface area contributed by atoms with Crippen LogP contribution in [0.1, 0.15) is 28.8 Å². The van der Waals surface area contributed by atoms with E-state index in [1.807, 2.05) is 18.2 Å². The first kappa shape index (κ1) is 9.85. The van der Waals surface area contributed by atoms with Crippen LogP contribution in [-0.2, 0) is 5.54 Å². The maximum Gasteiger partial charge on any atom is 0.252 e. The number of hydrogen-bond acceptors (Lipinski definition) is 2. The van der Waals surface area contributed by atoms with E-state index in [4.69, 9.17) is 0 Å². The second-order valence-corrected chi connectivity index (χ2v) is 4.89. The summed E-state index contributed by atoms with van der Waals surface area (Å²) in [6, 6.07) is 7.99. The molecule has 0 aliphatic carbocycles. The number of carbonyl (C=O) groups is 1. The summed E-state index contributed by atoms with van der Waals surface area (Å²) >= 11 is 0. The summed E-state index contributed by atoms with van der Waals surface area (Å²) in [5.41, 5.74) is 1.99. The number of likely N-dealkylation sites (tertiary alicyclic amines) is 1. The van der Waals surface area contributed by atoms with Crippen molar-refractivity contribution in [2.75, 3.05) is 20.1 Å². The Bertz CT molecular complexity index is 433. The van der Waals surface area contributed by atoms with Gasteiger partial charge in [0.2, 0.25) is 0 Å². The monoisotopic (exact) mass is 216 g/mol. The Kier molecular flexibility index (Phi) is 2.04. The normalized spacial score (nSPS) is 23.2. The number of nitrogens with zero attached hydrogens (tertiary/aromatic N) is 1. The van der Waals surface area contributed by atoms with Gasteiger partial charge in [0.15, 0.2) is 0 Å². The zero-order valence-corrected chi connectivity index (χ0v) is 9.49. The predicted molar refractivity (Wildman–Crippen MR) is 62.3 cm³/mol. The zero-order chi connectivity index (χ0) is 11.2. The molecule has 2 aliphatic heterocycles. The molecule has 16 heavy (non-hydrogen) atoms. The predicted octanol–water partition coefficient (Wildman–Crippen LogP) is 1.35. The highest BCUT2D eigenvalue weighted by Crippen LogP contribution is 2.38. The van der Waals surface area contributed by atoms with Crippen LogP contribution < -0.4 is 5.32 Å². The zero-order valence-electron chi connectivity index (χ0n) is 9.49. The first-order chi connectivity index (χ1) is 7.71. The molecule has 1 fully saturated rings. The average Bonchev–Trinajstić information content (AvgIpc) is 2.58. The molecule has 1 spiro atoms. The van der Waals surface area contributed by atoms with E-state index in [-0.39, 0.29) is 11.4 Å². The molecular formula is C13H16N2O. The summed E-state index contributed by atoms with van der Waals surface area (Å²) in [5, 5.41) is 3.19. The van der Waals surface area contributed by atoms with Crippen molar-refractivity contribution in [3.8, 4) is 0 Å². The molecule has 1 saturated heterocycles. The molecule has 0 atom stereocenters. The Balaban J connectivity index is 2.02. The van der Waals surface area contributed by atoms with Crippen molar-refractivity contribution in [1.82, 2.24) is 10.2 Å². The Morgan fingerprint density at radius 3 is 2.69 bits per heavy atom. The Morgan fingerprint density at radius 2 is 1.94 bits per heavy atom. The summed E-state index contributed by atoms with van der Waals surface area (Å²) in [6.45, 7) is 2.10. The van der Waals surface area contributed by atoms with Gasteiger partial charge in [0.05, 0.1) is 5.54 Å². The molecule has 84 valence electrons. The van der Waals surface area contributed by atoms with E-state index in [1.165, 1.54) is 5.56 Å². The molecule has 3 heteroatoms. The summed E-state index contributed by atoms with van der Waals surface area (Å²) in [4.78, 5) is 14.2. The van der Waals surface area contributed by atoms with Crippen LogP contribution in [0, 0.1) is 0 Å². The molecule has 1 aromatic rings. The van der Waals surface area contributed by atoms with Crippen molar-refractivity contribution in [3.05, 3.63) is 35.4 Å². The molecular weight excluding hydrogens is 200 g/mol. The molecule has 1 aromatic carbocycles. The van der Waals surface area contributed by atoms with Crippen molar-refractivity contribution in [3.63, 3.8) is 0 Å². The van der Waals surface area contributed by atoms with Crippen LogP contribution in [0.3, 0.4) is 0 Å². The van der Waals surface area contributed by atoms with Gasteiger partial charge in [-0.1, -0.05) is 18.2 Å². The van der Waals surface area contributed by atoms with Crippen molar-refractivity contribution >= 4 is 5.91 Å². The smallest absolute Gasteiger partial charge is 0.252 e. The molecule has 3 rings (SSSR count). The first-order valence-electron chi connectivity index (χ1n) is 5.82. The van der Waals surface area contributed by atoms with Crippen LogP contribution in [0.15, 0.2) is 24.3 Å². The van der Waals surface area contributed by atoms with Gasteiger partial charge in [0.1, 0.15) is 0 Å². The fourth-order valence-electron chi connectivity index (χ4n) is 2.84. The highest BCUT2D eigenvalue weighted by Gasteiger charge is 2.43. The molecule has 0 unspecified atom stereocenters. The topological polar surface area (TPSA) is 32.3 Å². The van der Waals surface area contributed by atoms with Gasteiger partial charge < -0.3 is 10.2 Å². The van der Waals surface area contributed by atoms with Crippen molar-refractivity contribution < 1.29 is 4.79 Å². The van der Waals surface area contributed by atoms with E-state index in [0.717, 1.165) is 31.5 Å². The van der Waals surface area contributed by atoms with Crippen molar-refractivity contribution in [2.24, 2.45) is 0 Å². The summed E-state index contributed by atoms with van der Waals surface area (Å²) in [7, 11) is 2.13. The molecule has 0 aromatic heterocycles. The number of hydrogen-bond donors (Lipinski definition) is 1. The third-order valence-electron chi connectivity index (χ3n) is 3.88.